The number of aromatic nitrogens is 1. The number of allylic oxidation sites excluding steroid dienone is 3. The number of nitrogens with zero attached hydrogens (tertiary/aromatic N) is 3. The fourth-order valence-electron chi connectivity index (χ4n) is 5.75. The smallest absolute Gasteiger partial charge is 0.249 e. The molecular formula is C25H30N4O3. The highest BCUT2D eigenvalue weighted by Gasteiger charge is 2.58. The van der Waals surface area contributed by atoms with Crippen LogP contribution in [0.5, 0.6) is 0 Å². The third kappa shape index (κ3) is 3.23. The largest absolute Gasteiger partial charge is 0.395 e. The van der Waals surface area contributed by atoms with E-state index in [9.17, 15) is 9.90 Å². The van der Waals surface area contributed by atoms with E-state index in [-0.39, 0.29) is 18.4 Å². The molecule has 168 valence electrons. The van der Waals surface area contributed by atoms with E-state index in [1.807, 2.05) is 32.0 Å². The fourth-order valence-corrected chi connectivity index (χ4v) is 5.75. The minimum absolute atomic E-state index is 0.0181. The van der Waals surface area contributed by atoms with Gasteiger partial charge in [0.2, 0.25) is 5.91 Å². The monoisotopic (exact) mass is 434 g/mol. The molecule has 0 bridgehead atoms. The maximum atomic E-state index is 13.8. The second-order valence-electron chi connectivity index (χ2n) is 8.91. The van der Waals surface area contributed by atoms with Crippen LogP contribution in [0, 0.1) is 19.8 Å². The van der Waals surface area contributed by atoms with Crippen molar-refractivity contribution in [2.75, 3.05) is 39.3 Å². The minimum atomic E-state index is -0.767. The first-order valence-corrected chi connectivity index (χ1v) is 11.3. The van der Waals surface area contributed by atoms with E-state index in [1.165, 1.54) is 0 Å². The van der Waals surface area contributed by atoms with Crippen LogP contribution in [-0.4, -0.2) is 65.3 Å². The molecule has 0 spiro atoms. The van der Waals surface area contributed by atoms with Crippen molar-refractivity contribution in [1.29, 1.82) is 0 Å². The Kier molecular flexibility index (Phi) is 5.49. The predicted octanol–water partition coefficient (Wildman–Crippen LogP) is 2.21. The van der Waals surface area contributed by atoms with E-state index < -0.39 is 5.54 Å². The number of hydrogen-bond donors (Lipinski definition) is 2. The average Bonchev–Trinajstić information content (AvgIpc) is 3.30. The van der Waals surface area contributed by atoms with Gasteiger partial charge in [-0.25, -0.2) is 0 Å². The zero-order chi connectivity index (χ0) is 22.3. The summed E-state index contributed by atoms with van der Waals surface area (Å²) in [7, 11) is 0. The summed E-state index contributed by atoms with van der Waals surface area (Å²) in [6, 6.07) is 10.2. The summed E-state index contributed by atoms with van der Waals surface area (Å²) < 4.78 is 5.44. The SMILES string of the molecule is Cc1noc(C)c1C1=CC=C2NC(=O)C(c3ccccc3)(N3CCN(CCO)CC3)C2C1. The van der Waals surface area contributed by atoms with E-state index >= 15 is 0 Å². The zero-order valence-corrected chi connectivity index (χ0v) is 18.7. The quantitative estimate of drug-likeness (QED) is 0.751. The number of β-amino-alcohol motifs (C(OH)–C–C–N with tert-alkyl or cyclic N) is 1. The number of aliphatic hydroxyl groups is 1. The number of hydrogen-bond acceptors (Lipinski definition) is 6. The van der Waals surface area contributed by atoms with Crippen LogP contribution in [0.15, 0.2) is 52.7 Å². The summed E-state index contributed by atoms with van der Waals surface area (Å²) >= 11 is 0. The second kappa shape index (κ2) is 8.31. The zero-order valence-electron chi connectivity index (χ0n) is 18.7. The van der Waals surface area contributed by atoms with Gasteiger partial charge in [0.1, 0.15) is 11.3 Å². The molecule has 1 amide bonds. The van der Waals surface area contributed by atoms with Crippen molar-refractivity contribution < 1.29 is 14.4 Å². The van der Waals surface area contributed by atoms with Crippen LogP contribution in [0.25, 0.3) is 5.57 Å². The normalized spacial score (nSPS) is 26.5. The Morgan fingerprint density at radius 3 is 2.56 bits per heavy atom. The lowest BCUT2D eigenvalue weighted by Gasteiger charge is -2.47. The summed E-state index contributed by atoms with van der Waals surface area (Å²) in [6.45, 7) is 7.96. The topological polar surface area (TPSA) is 81.8 Å². The molecule has 1 aromatic carbocycles. The van der Waals surface area contributed by atoms with Gasteiger partial charge in [-0.1, -0.05) is 41.6 Å². The van der Waals surface area contributed by atoms with Gasteiger partial charge in [0.05, 0.1) is 12.3 Å². The van der Waals surface area contributed by atoms with Crippen molar-refractivity contribution in [1.82, 2.24) is 20.3 Å². The first-order valence-electron chi connectivity index (χ1n) is 11.3. The van der Waals surface area contributed by atoms with Gasteiger partial charge in [-0.15, -0.1) is 0 Å². The molecule has 1 aromatic heterocycles. The second-order valence-corrected chi connectivity index (χ2v) is 8.91. The number of aryl methyl sites for hydroxylation is 2. The lowest BCUT2D eigenvalue weighted by Crippen LogP contribution is -2.60. The summed E-state index contributed by atoms with van der Waals surface area (Å²) in [6.07, 6.45) is 4.89. The predicted molar refractivity (Wildman–Crippen MR) is 122 cm³/mol. The van der Waals surface area contributed by atoms with Crippen molar-refractivity contribution >= 4 is 11.5 Å². The van der Waals surface area contributed by atoms with Crippen molar-refractivity contribution in [3.63, 3.8) is 0 Å². The van der Waals surface area contributed by atoms with Gasteiger partial charge in [0.15, 0.2) is 0 Å². The molecule has 2 aliphatic heterocycles. The van der Waals surface area contributed by atoms with Gasteiger partial charge < -0.3 is 14.9 Å². The summed E-state index contributed by atoms with van der Waals surface area (Å²) in [4.78, 5) is 18.4. The molecule has 5 rings (SSSR count). The van der Waals surface area contributed by atoms with Crippen molar-refractivity contribution in [3.05, 3.63) is 70.8 Å². The Hall–Kier alpha value is -2.74. The summed E-state index contributed by atoms with van der Waals surface area (Å²) in [5.74, 6) is 0.838. The summed E-state index contributed by atoms with van der Waals surface area (Å²) in [5, 5.41) is 16.7. The molecule has 1 aliphatic carbocycles. The van der Waals surface area contributed by atoms with Crippen LogP contribution in [0.4, 0.5) is 0 Å². The maximum Gasteiger partial charge on any atom is 0.249 e. The highest BCUT2D eigenvalue weighted by Crippen LogP contribution is 2.50. The molecule has 2 aromatic rings. The van der Waals surface area contributed by atoms with Gasteiger partial charge in [-0.3, -0.25) is 14.6 Å². The Bertz CT molecular complexity index is 1050. The first-order chi connectivity index (χ1) is 15.6. The number of rotatable bonds is 5. The van der Waals surface area contributed by atoms with E-state index in [1.54, 1.807) is 0 Å². The molecule has 2 unspecified atom stereocenters. The molecule has 0 radical (unpaired) electrons. The molecule has 2 saturated heterocycles. The number of carbonyl (C=O) groups is 1. The highest BCUT2D eigenvalue weighted by atomic mass is 16.5. The van der Waals surface area contributed by atoms with Crippen LogP contribution < -0.4 is 5.32 Å². The molecular weight excluding hydrogens is 404 g/mol. The van der Waals surface area contributed by atoms with Crippen LogP contribution in [0.1, 0.15) is 29.0 Å². The van der Waals surface area contributed by atoms with Gasteiger partial charge in [0, 0.05) is 49.9 Å². The maximum absolute atomic E-state index is 13.8. The lowest BCUT2D eigenvalue weighted by atomic mass is 9.72. The van der Waals surface area contributed by atoms with Crippen LogP contribution >= 0.6 is 0 Å². The molecule has 0 saturated carbocycles. The van der Waals surface area contributed by atoms with Crippen LogP contribution in [0.2, 0.25) is 0 Å². The van der Waals surface area contributed by atoms with Crippen molar-refractivity contribution in [2.45, 2.75) is 25.8 Å². The number of fused-ring (bicyclic) bond motifs is 1. The number of amides is 1. The van der Waals surface area contributed by atoms with Gasteiger partial charge in [-0.05, 0) is 37.5 Å². The number of piperazine rings is 1. The Morgan fingerprint density at radius 1 is 1.16 bits per heavy atom. The van der Waals surface area contributed by atoms with Gasteiger partial charge in [-0.2, -0.15) is 0 Å². The molecule has 2 N–H and O–H groups in total. The first kappa shape index (κ1) is 21.1. The summed E-state index contributed by atoms with van der Waals surface area (Å²) in [5.41, 5.74) is 4.33. The third-order valence-corrected chi connectivity index (χ3v) is 7.23. The lowest BCUT2D eigenvalue weighted by molar-refractivity contribution is -0.134. The van der Waals surface area contributed by atoms with E-state index in [0.29, 0.717) is 6.54 Å². The van der Waals surface area contributed by atoms with E-state index in [0.717, 1.165) is 66.5 Å². The Labute approximate surface area is 188 Å². The highest BCUT2D eigenvalue weighted by molar-refractivity contribution is 5.94. The van der Waals surface area contributed by atoms with Crippen LogP contribution in [-0.2, 0) is 10.3 Å². The van der Waals surface area contributed by atoms with E-state index in [4.69, 9.17) is 4.52 Å². The Morgan fingerprint density at radius 2 is 1.91 bits per heavy atom. The van der Waals surface area contributed by atoms with Gasteiger partial charge in [0.25, 0.3) is 0 Å². The van der Waals surface area contributed by atoms with Crippen molar-refractivity contribution in [3.8, 4) is 0 Å². The number of carbonyl (C=O) groups excluding carboxylic acids is 1. The van der Waals surface area contributed by atoms with Crippen molar-refractivity contribution in [2.24, 2.45) is 5.92 Å². The molecule has 3 aliphatic rings. The van der Waals surface area contributed by atoms with Gasteiger partial charge >= 0.3 is 0 Å². The van der Waals surface area contributed by atoms with E-state index in [2.05, 4.69) is 44.6 Å². The molecule has 32 heavy (non-hydrogen) atoms. The standard InChI is InChI=1S/C25H30N4O3/c1-17-23(18(2)32-27-17)19-8-9-22-21(16-19)25(24(31)26-22,20-6-4-3-5-7-20)29-12-10-28(11-13-29)14-15-30/h3-9,21,30H,10-16H2,1-2H3,(H,26,31). The fraction of sp³-hybridized carbons (Fsp3) is 0.440. The number of nitrogens with one attached hydrogen (secondary N) is 1. The molecule has 2 atom stereocenters. The molecule has 7 nitrogen and oxygen atoms in total. The number of aliphatic hydroxyl groups excluding tert-OH is 1. The Balaban J connectivity index is 1.56. The average molecular weight is 435 g/mol. The van der Waals surface area contributed by atoms with Crippen LogP contribution in [0.3, 0.4) is 0 Å². The third-order valence-electron chi connectivity index (χ3n) is 7.23. The minimum Gasteiger partial charge on any atom is -0.395 e. The molecule has 3 heterocycles. The number of benzene rings is 1. The molecule has 7 heteroatoms. The molecule has 2 fully saturated rings.